The number of hydrogen-bond donors (Lipinski definition) is 1. The summed E-state index contributed by atoms with van der Waals surface area (Å²) in [5.41, 5.74) is 0. The highest BCUT2D eigenvalue weighted by Crippen LogP contribution is 2.44. The first kappa shape index (κ1) is 17.9. The molecule has 3 aromatic rings. The summed E-state index contributed by atoms with van der Waals surface area (Å²) in [4.78, 5) is 0. The molecule has 0 radical (unpaired) electrons. The minimum atomic E-state index is 0.00634. The SMILES string of the molecule is COc1ccc(Oc2c(I)ccc(O)c2Oc2ccc(Br)cc2)cc1. The van der Waals surface area contributed by atoms with Gasteiger partial charge in [-0.2, -0.15) is 0 Å². The van der Waals surface area contributed by atoms with Crippen molar-refractivity contribution in [3.05, 3.63) is 68.7 Å². The molecule has 128 valence electrons. The van der Waals surface area contributed by atoms with Crippen molar-refractivity contribution >= 4 is 38.5 Å². The molecule has 0 saturated carbocycles. The molecule has 0 aliphatic carbocycles. The maximum Gasteiger partial charge on any atom is 0.212 e. The molecule has 4 nitrogen and oxygen atoms in total. The molecule has 0 bridgehead atoms. The normalized spacial score (nSPS) is 10.4. The highest BCUT2D eigenvalue weighted by atomic mass is 127. The summed E-state index contributed by atoms with van der Waals surface area (Å²) in [7, 11) is 1.61. The van der Waals surface area contributed by atoms with Crippen LogP contribution in [-0.2, 0) is 0 Å². The Morgan fingerprint density at radius 2 is 1.28 bits per heavy atom. The summed E-state index contributed by atoms with van der Waals surface area (Å²) in [6.07, 6.45) is 0. The molecule has 0 aromatic heterocycles. The number of benzene rings is 3. The lowest BCUT2D eigenvalue weighted by Gasteiger charge is -2.15. The molecule has 0 unspecified atom stereocenters. The molecule has 0 saturated heterocycles. The van der Waals surface area contributed by atoms with Crippen LogP contribution in [0.3, 0.4) is 0 Å². The Bertz CT molecular complexity index is 864. The quantitative estimate of drug-likeness (QED) is 0.404. The average Bonchev–Trinajstić information content (AvgIpc) is 2.63. The van der Waals surface area contributed by atoms with Gasteiger partial charge < -0.3 is 19.3 Å². The van der Waals surface area contributed by atoms with Crippen molar-refractivity contribution in [2.75, 3.05) is 7.11 Å². The lowest BCUT2D eigenvalue weighted by molar-refractivity contribution is 0.378. The fraction of sp³-hybridized carbons (Fsp3) is 0.0526. The van der Waals surface area contributed by atoms with Gasteiger partial charge in [-0.25, -0.2) is 0 Å². The molecular formula is C19H14BrIO4. The van der Waals surface area contributed by atoms with Crippen LogP contribution < -0.4 is 14.2 Å². The van der Waals surface area contributed by atoms with Crippen LogP contribution in [0, 0.1) is 3.57 Å². The van der Waals surface area contributed by atoms with Crippen molar-refractivity contribution in [1.29, 1.82) is 0 Å². The molecule has 0 aliphatic rings. The maximum absolute atomic E-state index is 10.3. The number of methoxy groups -OCH3 is 1. The Morgan fingerprint density at radius 3 is 1.88 bits per heavy atom. The second kappa shape index (κ2) is 7.97. The number of phenolic OH excluding ortho intramolecular Hbond substituents is 1. The van der Waals surface area contributed by atoms with Gasteiger partial charge >= 0.3 is 0 Å². The molecular weight excluding hydrogens is 499 g/mol. The van der Waals surface area contributed by atoms with Gasteiger partial charge in [-0.1, -0.05) is 15.9 Å². The minimum Gasteiger partial charge on any atom is -0.504 e. The number of phenols is 1. The third-order valence-corrected chi connectivity index (χ3v) is 4.73. The molecule has 0 heterocycles. The van der Waals surface area contributed by atoms with Gasteiger partial charge in [-0.05, 0) is 83.3 Å². The standard InChI is InChI=1S/C19H14BrIO4/c1-23-13-6-8-15(9-7-13)24-18-16(21)10-11-17(22)19(18)25-14-4-2-12(20)3-5-14/h2-11,22H,1H3. The Balaban J connectivity index is 1.94. The minimum absolute atomic E-state index is 0.00634. The van der Waals surface area contributed by atoms with E-state index < -0.39 is 0 Å². The molecule has 1 N–H and O–H groups in total. The van der Waals surface area contributed by atoms with Crippen LogP contribution in [0.2, 0.25) is 0 Å². The second-order valence-electron chi connectivity index (χ2n) is 5.06. The van der Waals surface area contributed by atoms with Crippen LogP contribution in [-0.4, -0.2) is 12.2 Å². The van der Waals surface area contributed by atoms with Gasteiger partial charge in [0, 0.05) is 4.47 Å². The summed E-state index contributed by atoms with van der Waals surface area (Å²) in [6.45, 7) is 0. The molecule has 3 rings (SSSR count). The van der Waals surface area contributed by atoms with E-state index in [1.807, 2.05) is 12.1 Å². The number of hydrogen-bond acceptors (Lipinski definition) is 4. The lowest BCUT2D eigenvalue weighted by atomic mass is 10.2. The number of aromatic hydroxyl groups is 1. The molecule has 0 amide bonds. The first-order valence-corrected chi connectivity index (χ1v) is 9.21. The molecule has 0 aliphatic heterocycles. The van der Waals surface area contributed by atoms with E-state index in [0.717, 1.165) is 13.8 Å². The maximum atomic E-state index is 10.3. The number of ether oxygens (including phenoxy) is 3. The first-order chi connectivity index (χ1) is 12.1. The summed E-state index contributed by atoms with van der Waals surface area (Å²) < 4.78 is 18.7. The van der Waals surface area contributed by atoms with Crippen molar-refractivity contribution in [1.82, 2.24) is 0 Å². The van der Waals surface area contributed by atoms with Gasteiger partial charge in [-0.15, -0.1) is 0 Å². The molecule has 3 aromatic carbocycles. The first-order valence-electron chi connectivity index (χ1n) is 7.33. The Kier molecular flexibility index (Phi) is 5.70. The predicted octanol–water partition coefficient (Wildman–Crippen LogP) is 6.35. The Labute approximate surface area is 167 Å². The zero-order chi connectivity index (χ0) is 17.8. The summed E-state index contributed by atoms with van der Waals surface area (Å²) >= 11 is 5.53. The van der Waals surface area contributed by atoms with E-state index in [4.69, 9.17) is 14.2 Å². The highest BCUT2D eigenvalue weighted by molar-refractivity contribution is 14.1. The zero-order valence-corrected chi connectivity index (χ0v) is 16.9. The van der Waals surface area contributed by atoms with Crippen LogP contribution in [0.15, 0.2) is 65.1 Å². The molecule has 0 atom stereocenters. The van der Waals surface area contributed by atoms with Gasteiger partial charge in [0.05, 0.1) is 10.7 Å². The second-order valence-corrected chi connectivity index (χ2v) is 7.14. The van der Waals surface area contributed by atoms with Crippen LogP contribution in [0.25, 0.3) is 0 Å². The largest absolute Gasteiger partial charge is 0.504 e. The van der Waals surface area contributed by atoms with E-state index >= 15 is 0 Å². The van der Waals surface area contributed by atoms with Crippen LogP contribution in [0.4, 0.5) is 0 Å². The van der Waals surface area contributed by atoms with Crippen LogP contribution in [0.1, 0.15) is 0 Å². The number of rotatable bonds is 5. The average molecular weight is 513 g/mol. The lowest BCUT2D eigenvalue weighted by Crippen LogP contribution is -1.94. The van der Waals surface area contributed by atoms with E-state index in [0.29, 0.717) is 17.2 Å². The van der Waals surface area contributed by atoms with E-state index in [1.54, 1.807) is 55.6 Å². The third kappa shape index (κ3) is 4.38. The third-order valence-electron chi connectivity index (χ3n) is 3.36. The van der Waals surface area contributed by atoms with E-state index in [9.17, 15) is 5.11 Å². The van der Waals surface area contributed by atoms with E-state index in [-0.39, 0.29) is 11.5 Å². The fourth-order valence-corrected chi connectivity index (χ4v) is 2.90. The smallest absolute Gasteiger partial charge is 0.212 e. The topological polar surface area (TPSA) is 47.9 Å². The van der Waals surface area contributed by atoms with Crippen molar-refractivity contribution in [2.24, 2.45) is 0 Å². The van der Waals surface area contributed by atoms with Crippen LogP contribution in [0.5, 0.6) is 34.5 Å². The van der Waals surface area contributed by atoms with Crippen LogP contribution >= 0.6 is 38.5 Å². The molecule has 6 heteroatoms. The summed E-state index contributed by atoms with van der Waals surface area (Å²) in [6, 6.07) is 17.9. The van der Waals surface area contributed by atoms with Crippen molar-refractivity contribution < 1.29 is 19.3 Å². The Hall–Kier alpha value is -1.93. The van der Waals surface area contributed by atoms with Crippen molar-refractivity contribution in [3.8, 4) is 34.5 Å². The van der Waals surface area contributed by atoms with Gasteiger partial charge in [0.25, 0.3) is 0 Å². The highest BCUT2D eigenvalue weighted by Gasteiger charge is 2.17. The predicted molar refractivity (Wildman–Crippen MR) is 108 cm³/mol. The van der Waals surface area contributed by atoms with E-state index in [2.05, 4.69) is 38.5 Å². The zero-order valence-electron chi connectivity index (χ0n) is 13.2. The van der Waals surface area contributed by atoms with Crippen molar-refractivity contribution in [3.63, 3.8) is 0 Å². The van der Waals surface area contributed by atoms with Gasteiger partial charge in [0.1, 0.15) is 17.2 Å². The Morgan fingerprint density at radius 1 is 0.760 bits per heavy atom. The summed E-state index contributed by atoms with van der Waals surface area (Å²) in [5, 5.41) is 10.3. The van der Waals surface area contributed by atoms with E-state index in [1.165, 1.54) is 0 Å². The van der Waals surface area contributed by atoms with Gasteiger partial charge in [-0.3, -0.25) is 0 Å². The molecule has 25 heavy (non-hydrogen) atoms. The van der Waals surface area contributed by atoms with Gasteiger partial charge in [0.15, 0.2) is 11.5 Å². The van der Waals surface area contributed by atoms with Gasteiger partial charge in [0.2, 0.25) is 5.75 Å². The monoisotopic (exact) mass is 512 g/mol. The molecule has 0 spiro atoms. The van der Waals surface area contributed by atoms with Crippen molar-refractivity contribution in [2.45, 2.75) is 0 Å². The fourth-order valence-electron chi connectivity index (χ4n) is 2.10. The molecule has 0 fully saturated rings. The number of halogens is 2. The summed E-state index contributed by atoms with van der Waals surface area (Å²) in [5.74, 6) is 2.68.